The molecule has 3 heteroatoms. The van der Waals surface area contributed by atoms with Gasteiger partial charge in [0, 0.05) is 11.4 Å². The third-order valence-corrected chi connectivity index (χ3v) is 4.22. The Kier molecular flexibility index (Phi) is 3.18. The highest BCUT2D eigenvalue weighted by atomic mass is 32.2. The lowest BCUT2D eigenvalue weighted by molar-refractivity contribution is 0.664. The molecule has 2 nitrogen and oxygen atoms in total. The second-order valence-corrected chi connectivity index (χ2v) is 5.64. The van der Waals surface area contributed by atoms with E-state index in [4.69, 9.17) is 0 Å². The van der Waals surface area contributed by atoms with E-state index in [-0.39, 0.29) is 0 Å². The fourth-order valence-corrected chi connectivity index (χ4v) is 3.30. The molecule has 0 radical (unpaired) electrons. The van der Waals surface area contributed by atoms with Gasteiger partial charge in [-0.15, -0.1) is 0 Å². The van der Waals surface area contributed by atoms with Crippen LogP contribution in [0, 0.1) is 0 Å². The van der Waals surface area contributed by atoms with Crippen molar-refractivity contribution in [2.24, 2.45) is 0 Å². The Morgan fingerprint density at radius 2 is 1.88 bits per heavy atom. The van der Waals surface area contributed by atoms with Gasteiger partial charge in [0.05, 0.1) is 5.52 Å². The number of pyridine rings is 1. The van der Waals surface area contributed by atoms with Crippen LogP contribution in [-0.2, 0) is 0 Å². The first kappa shape index (κ1) is 10.9. The van der Waals surface area contributed by atoms with E-state index >= 15 is 0 Å². The van der Waals surface area contributed by atoms with Crippen LogP contribution in [0.2, 0.25) is 0 Å². The molecule has 1 aromatic heterocycles. The van der Waals surface area contributed by atoms with Gasteiger partial charge in [-0.1, -0.05) is 18.2 Å². The van der Waals surface area contributed by atoms with Gasteiger partial charge < -0.3 is 5.32 Å². The zero-order valence-corrected chi connectivity index (χ0v) is 10.5. The first-order valence-electron chi connectivity index (χ1n) is 6.12. The minimum Gasteiger partial charge on any atom is -0.367 e. The smallest absolute Gasteiger partial charge is 0.126 e. The maximum atomic E-state index is 4.65. The number of anilines is 1. The molecule has 2 heterocycles. The Labute approximate surface area is 106 Å². The van der Waals surface area contributed by atoms with Crippen LogP contribution in [0.1, 0.15) is 12.8 Å². The number of nitrogens with one attached hydrogen (secondary N) is 1. The SMILES string of the molecule is c1ccc2nc(NC3CCSCC3)ccc2c1. The highest BCUT2D eigenvalue weighted by Gasteiger charge is 2.13. The number of hydrogen-bond donors (Lipinski definition) is 1. The van der Waals surface area contributed by atoms with Crippen LogP contribution >= 0.6 is 11.8 Å². The van der Waals surface area contributed by atoms with Crippen LogP contribution in [0.4, 0.5) is 5.82 Å². The summed E-state index contributed by atoms with van der Waals surface area (Å²) in [5.74, 6) is 3.55. The molecule has 0 spiro atoms. The van der Waals surface area contributed by atoms with E-state index in [1.54, 1.807) is 0 Å². The van der Waals surface area contributed by atoms with Gasteiger partial charge >= 0.3 is 0 Å². The van der Waals surface area contributed by atoms with Gasteiger partial charge in [-0.05, 0) is 42.5 Å². The molecule has 1 aromatic carbocycles. The molecule has 3 rings (SSSR count). The molecule has 88 valence electrons. The van der Waals surface area contributed by atoms with Gasteiger partial charge in [0.2, 0.25) is 0 Å². The van der Waals surface area contributed by atoms with Gasteiger partial charge in [0.1, 0.15) is 5.82 Å². The van der Waals surface area contributed by atoms with Crippen molar-refractivity contribution >= 4 is 28.5 Å². The van der Waals surface area contributed by atoms with Gasteiger partial charge in [0.15, 0.2) is 0 Å². The van der Waals surface area contributed by atoms with Crippen molar-refractivity contribution < 1.29 is 0 Å². The van der Waals surface area contributed by atoms with Crippen molar-refractivity contribution in [3.8, 4) is 0 Å². The molecule has 0 unspecified atom stereocenters. The Balaban J connectivity index is 1.80. The minimum atomic E-state index is 0.602. The van der Waals surface area contributed by atoms with Crippen LogP contribution in [0.15, 0.2) is 36.4 Å². The fraction of sp³-hybridized carbons (Fsp3) is 0.357. The normalized spacial score (nSPS) is 17.2. The average Bonchev–Trinajstić information content (AvgIpc) is 2.40. The predicted octanol–water partition coefficient (Wildman–Crippen LogP) is 3.54. The number of para-hydroxylation sites is 1. The monoisotopic (exact) mass is 244 g/mol. The summed E-state index contributed by atoms with van der Waals surface area (Å²) in [6.07, 6.45) is 2.50. The number of aromatic nitrogens is 1. The van der Waals surface area contributed by atoms with E-state index in [9.17, 15) is 0 Å². The van der Waals surface area contributed by atoms with E-state index in [0.717, 1.165) is 11.3 Å². The molecule has 1 N–H and O–H groups in total. The summed E-state index contributed by atoms with van der Waals surface area (Å²) in [4.78, 5) is 4.65. The fourth-order valence-electron chi connectivity index (χ4n) is 2.20. The van der Waals surface area contributed by atoms with E-state index in [0.29, 0.717) is 6.04 Å². The summed E-state index contributed by atoms with van der Waals surface area (Å²) in [5, 5.41) is 4.75. The number of benzene rings is 1. The quantitative estimate of drug-likeness (QED) is 0.874. The highest BCUT2D eigenvalue weighted by molar-refractivity contribution is 7.99. The molecular weight excluding hydrogens is 228 g/mol. The number of fused-ring (bicyclic) bond motifs is 1. The lowest BCUT2D eigenvalue weighted by Gasteiger charge is -2.23. The summed E-state index contributed by atoms with van der Waals surface area (Å²) < 4.78 is 0. The first-order chi connectivity index (χ1) is 8.42. The predicted molar refractivity (Wildman–Crippen MR) is 75.7 cm³/mol. The summed E-state index contributed by atoms with van der Waals surface area (Å²) >= 11 is 2.05. The summed E-state index contributed by atoms with van der Waals surface area (Å²) in [6.45, 7) is 0. The molecule has 1 aliphatic heterocycles. The summed E-state index contributed by atoms with van der Waals surface area (Å²) in [5.41, 5.74) is 1.07. The lowest BCUT2D eigenvalue weighted by Crippen LogP contribution is -2.24. The van der Waals surface area contributed by atoms with E-state index in [1.165, 1.54) is 29.7 Å². The van der Waals surface area contributed by atoms with Gasteiger partial charge in [0.25, 0.3) is 0 Å². The molecule has 1 aliphatic rings. The molecule has 17 heavy (non-hydrogen) atoms. The number of thioether (sulfide) groups is 1. The standard InChI is InChI=1S/C14H16N2S/c1-2-4-13-11(3-1)5-6-14(16-13)15-12-7-9-17-10-8-12/h1-6,12H,7-10H2,(H,15,16). The first-order valence-corrected chi connectivity index (χ1v) is 7.27. The Bertz CT molecular complexity index is 506. The highest BCUT2D eigenvalue weighted by Crippen LogP contribution is 2.21. The number of hydrogen-bond acceptors (Lipinski definition) is 3. The third-order valence-electron chi connectivity index (χ3n) is 3.17. The second kappa shape index (κ2) is 4.96. The van der Waals surface area contributed by atoms with Crippen molar-refractivity contribution in [2.75, 3.05) is 16.8 Å². The van der Waals surface area contributed by atoms with Gasteiger partial charge in [-0.25, -0.2) is 4.98 Å². The van der Waals surface area contributed by atoms with E-state index in [2.05, 4.69) is 52.4 Å². The van der Waals surface area contributed by atoms with Crippen LogP contribution in [0.3, 0.4) is 0 Å². The van der Waals surface area contributed by atoms with Crippen LogP contribution in [0.25, 0.3) is 10.9 Å². The van der Waals surface area contributed by atoms with Gasteiger partial charge in [-0.2, -0.15) is 11.8 Å². The number of rotatable bonds is 2. The Morgan fingerprint density at radius 3 is 2.76 bits per heavy atom. The number of nitrogens with zero attached hydrogens (tertiary/aromatic N) is 1. The van der Waals surface area contributed by atoms with Crippen molar-refractivity contribution in [3.63, 3.8) is 0 Å². The van der Waals surface area contributed by atoms with Crippen molar-refractivity contribution in [1.82, 2.24) is 4.98 Å². The molecule has 0 saturated carbocycles. The molecule has 1 fully saturated rings. The molecule has 0 aliphatic carbocycles. The van der Waals surface area contributed by atoms with Crippen molar-refractivity contribution in [3.05, 3.63) is 36.4 Å². The average molecular weight is 244 g/mol. The zero-order valence-electron chi connectivity index (χ0n) is 9.73. The molecule has 2 aromatic rings. The molecule has 1 saturated heterocycles. The van der Waals surface area contributed by atoms with Crippen molar-refractivity contribution in [2.45, 2.75) is 18.9 Å². The lowest BCUT2D eigenvalue weighted by atomic mass is 10.1. The maximum absolute atomic E-state index is 4.65. The third kappa shape index (κ3) is 2.55. The summed E-state index contributed by atoms with van der Waals surface area (Å²) in [7, 11) is 0. The van der Waals surface area contributed by atoms with Crippen LogP contribution < -0.4 is 5.32 Å². The Morgan fingerprint density at radius 1 is 1.06 bits per heavy atom. The Hall–Kier alpha value is -1.22. The largest absolute Gasteiger partial charge is 0.367 e. The van der Waals surface area contributed by atoms with Crippen LogP contribution in [-0.4, -0.2) is 22.5 Å². The van der Waals surface area contributed by atoms with E-state index in [1.807, 2.05) is 6.07 Å². The van der Waals surface area contributed by atoms with Gasteiger partial charge in [-0.3, -0.25) is 0 Å². The summed E-state index contributed by atoms with van der Waals surface area (Å²) in [6, 6.07) is 13.1. The maximum Gasteiger partial charge on any atom is 0.126 e. The second-order valence-electron chi connectivity index (χ2n) is 4.42. The van der Waals surface area contributed by atoms with E-state index < -0.39 is 0 Å². The molecule has 0 atom stereocenters. The zero-order chi connectivity index (χ0) is 11.5. The molecular formula is C14H16N2S. The van der Waals surface area contributed by atoms with Crippen LogP contribution in [0.5, 0.6) is 0 Å². The molecule has 0 amide bonds. The van der Waals surface area contributed by atoms with Crippen molar-refractivity contribution in [1.29, 1.82) is 0 Å². The topological polar surface area (TPSA) is 24.9 Å². The molecule has 0 bridgehead atoms. The minimum absolute atomic E-state index is 0.602.